The van der Waals surface area contributed by atoms with E-state index in [4.69, 9.17) is 16.0 Å². The molecule has 4 aromatic rings. The van der Waals surface area contributed by atoms with Crippen LogP contribution in [0.15, 0.2) is 45.4 Å². The third kappa shape index (κ3) is 5.07. The predicted molar refractivity (Wildman–Crippen MR) is 117 cm³/mol. The number of thiazole rings is 1. The number of carbonyl (C=O) groups is 1. The number of hydrogen-bond acceptors (Lipinski definition) is 8. The van der Waals surface area contributed by atoms with Gasteiger partial charge in [0.2, 0.25) is 11.8 Å². The maximum atomic E-state index is 12.3. The quantitative estimate of drug-likeness (QED) is 0.412. The highest BCUT2D eigenvalue weighted by Gasteiger charge is 2.14. The number of benzene rings is 1. The molecule has 1 amide bonds. The Morgan fingerprint density at radius 2 is 2.10 bits per heavy atom. The molecule has 0 bridgehead atoms. The summed E-state index contributed by atoms with van der Waals surface area (Å²) in [7, 11) is 1.77. The fourth-order valence-corrected chi connectivity index (χ4v) is 3.98. The molecule has 3 heterocycles. The molecule has 0 saturated heterocycles. The summed E-state index contributed by atoms with van der Waals surface area (Å²) in [5, 5.41) is 19.2. The molecule has 4 rings (SSSR count). The van der Waals surface area contributed by atoms with Gasteiger partial charge in [-0.2, -0.15) is 5.10 Å². The molecule has 0 aliphatic heterocycles. The number of amides is 1. The molecule has 0 unspecified atom stereocenters. The van der Waals surface area contributed by atoms with E-state index in [1.807, 2.05) is 30.5 Å². The molecule has 0 atom stereocenters. The van der Waals surface area contributed by atoms with Gasteiger partial charge in [0.05, 0.1) is 28.6 Å². The Kier molecular flexibility index (Phi) is 6.16. The lowest BCUT2D eigenvalue weighted by Crippen LogP contribution is -2.16. The first-order chi connectivity index (χ1) is 14.5. The van der Waals surface area contributed by atoms with E-state index in [-0.39, 0.29) is 11.7 Å². The molecule has 11 heteroatoms. The predicted octanol–water partition coefficient (Wildman–Crippen LogP) is 4.21. The summed E-state index contributed by atoms with van der Waals surface area (Å²) in [6, 6.07) is 9.17. The minimum absolute atomic E-state index is 0.138. The van der Waals surface area contributed by atoms with Crippen molar-refractivity contribution in [3.8, 4) is 11.3 Å². The summed E-state index contributed by atoms with van der Waals surface area (Å²) in [6.45, 7) is 1.95. The molecule has 0 radical (unpaired) electrons. The van der Waals surface area contributed by atoms with Crippen LogP contribution >= 0.6 is 34.7 Å². The van der Waals surface area contributed by atoms with Crippen molar-refractivity contribution in [1.82, 2.24) is 25.0 Å². The summed E-state index contributed by atoms with van der Waals surface area (Å²) in [4.78, 5) is 16.7. The van der Waals surface area contributed by atoms with Crippen LogP contribution in [-0.2, 0) is 18.3 Å². The average molecular weight is 461 g/mol. The van der Waals surface area contributed by atoms with Gasteiger partial charge in [0, 0.05) is 29.1 Å². The largest absolute Gasteiger partial charge is 0.416 e. The van der Waals surface area contributed by atoms with Crippen LogP contribution in [0.3, 0.4) is 0 Å². The summed E-state index contributed by atoms with van der Waals surface area (Å²) < 4.78 is 7.21. The summed E-state index contributed by atoms with van der Waals surface area (Å²) in [5.41, 5.74) is 2.55. The van der Waals surface area contributed by atoms with E-state index < -0.39 is 0 Å². The van der Waals surface area contributed by atoms with Gasteiger partial charge in [0.25, 0.3) is 5.22 Å². The molecule has 0 aliphatic rings. The van der Waals surface area contributed by atoms with Gasteiger partial charge in [-0.05, 0) is 19.1 Å². The maximum absolute atomic E-state index is 12.3. The molecule has 3 aromatic heterocycles. The first-order valence-electron chi connectivity index (χ1n) is 8.92. The van der Waals surface area contributed by atoms with Crippen molar-refractivity contribution in [2.45, 2.75) is 18.6 Å². The van der Waals surface area contributed by atoms with Crippen molar-refractivity contribution in [2.75, 3.05) is 11.1 Å². The van der Waals surface area contributed by atoms with Gasteiger partial charge in [-0.3, -0.25) is 9.48 Å². The third-order valence-electron chi connectivity index (χ3n) is 4.06. The van der Waals surface area contributed by atoms with E-state index in [0.717, 1.165) is 22.0 Å². The molecular weight excluding hydrogens is 444 g/mol. The Hall–Kier alpha value is -2.69. The third-order valence-corrected chi connectivity index (χ3v) is 5.95. The minimum Gasteiger partial charge on any atom is -0.416 e. The molecule has 1 aromatic carbocycles. The Morgan fingerprint density at radius 1 is 1.30 bits per heavy atom. The van der Waals surface area contributed by atoms with Gasteiger partial charge in [-0.25, -0.2) is 4.98 Å². The second-order valence-corrected chi connectivity index (χ2v) is 8.80. The number of carbonyl (C=O) groups excluding carboxylic acids is 1. The minimum atomic E-state index is -0.194. The van der Waals surface area contributed by atoms with Crippen molar-refractivity contribution in [3.05, 3.63) is 57.3 Å². The maximum Gasteiger partial charge on any atom is 0.277 e. The zero-order chi connectivity index (χ0) is 21.1. The number of aryl methyl sites for hydroxylation is 2. The van der Waals surface area contributed by atoms with E-state index in [1.54, 1.807) is 35.2 Å². The number of thioether (sulfide) groups is 1. The SMILES string of the molecule is Cc1nc(Cc2nnc(SCC(=O)Nc3cc(-c4ccc(Cl)cc4)nn3C)o2)cs1. The molecule has 154 valence electrons. The molecule has 1 N–H and O–H groups in total. The van der Waals surface area contributed by atoms with Crippen molar-refractivity contribution in [3.63, 3.8) is 0 Å². The van der Waals surface area contributed by atoms with Crippen LogP contribution in [0.5, 0.6) is 0 Å². The van der Waals surface area contributed by atoms with Crippen LogP contribution in [0.25, 0.3) is 11.3 Å². The van der Waals surface area contributed by atoms with Gasteiger partial charge >= 0.3 is 0 Å². The van der Waals surface area contributed by atoms with Gasteiger partial charge in [0.15, 0.2) is 0 Å². The van der Waals surface area contributed by atoms with Crippen molar-refractivity contribution < 1.29 is 9.21 Å². The van der Waals surface area contributed by atoms with Gasteiger partial charge < -0.3 is 9.73 Å². The number of hydrogen-bond donors (Lipinski definition) is 1. The molecule has 0 aliphatic carbocycles. The summed E-state index contributed by atoms with van der Waals surface area (Å²) in [5.74, 6) is 1.01. The normalized spacial score (nSPS) is 11.0. The number of nitrogens with one attached hydrogen (secondary N) is 1. The van der Waals surface area contributed by atoms with E-state index in [2.05, 4.69) is 25.6 Å². The van der Waals surface area contributed by atoms with Crippen LogP contribution < -0.4 is 5.32 Å². The summed E-state index contributed by atoms with van der Waals surface area (Å²) in [6.07, 6.45) is 0.479. The zero-order valence-corrected chi connectivity index (χ0v) is 18.5. The van der Waals surface area contributed by atoms with Crippen molar-refractivity contribution >= 4 is 46.4 Å². The average Bonchev–Trinajstić information content (AvgIpc) is 3.43. The van der Waals surface area contributed by atoms with Crippen LogP contribution in [0.2, 0.25) is 5.02 Å². The number of halogens is 1. The Balaban J connectivity index is 1.32. The van der Waals surface area contributed by atoms with Crippen LogP contribution in [0, 0.1) is 6.92 Å². The molecule has 30 heavy (non-hydrogen) atoms. The van der Waals surface area contributed by atoms with Crippen molar-refractivity contribution in [2.24, 2.45) is 7.05 Å². The number of nitrogens with zero attached hydrogens (tertiary/aromatic N) is 5. The van der Waals surface area contributed by atoms with E-state index in [1.165, 1.54) is 11.8 Å². The van der Waals surface area contributed by atoms with E-state index >= 15 is 0 Å². The van der Waals surface area contributed by atoms with E-state index in [9.17, 15) is 4.79 Å². The first-order valence-corrected chi connectivity index (χ1v) is 11.2. The number of aromatic nitrogens is 5. The highest BCUT2D eigenvalue weighted by atomic mass is 35.5. The van der Waals surface area contributed by atoms with E-state index in [0.29, 0.717) is 28.4 Å². The smallest absolute Gasteiger partial charge is 0.277 e. The highest BCUT2D eigenvalue weighted by molar-refractivity contribution is 7.99. The molecule has 0 saturated carbocycles. The highest BCUT2D eigenvalue weighted by Crippen LogP contribution is 2.24. The first kappa shape index (κ1) is 20.6. The molecular formula is C19H17ClN6O2S2. The lowest BCUT2D eigenvalue weighted by Gasteiger charge is -2.03. The standard InChI is InChI=1S/C19H17ClN6O2S2/c1-11-21-14(9-29-11)7-18-23-24-19(28-18)30-10-17(27)22-16-8-15(25-26(16)2)12-3-5-13(20)6-4-12/h3-6,8-9H,7,10H2,1-2H3,(H,22,27). The molecule has 0 fully saturated rings. The molecule has 0 spiro atoms. The number of anilines is 1. The fourth-order valence-electron chi connectivity index (χ4n) is 2.66. The monoisotopic (exact) mass is 460 g/mol. The van der Waals surface area contributed by atoms with Gasteiger partial charge in [0.1, 0.15) is 5.82 Å². The Labute approximate surface area is 185 Å². The van der Waals surface area contributed by atoms with Crippen LogP contribution in [0.4, 0.5) is 5.82 Å². The zero-order valence-electron chi connectivity index (χ0n) is 16.1. The van der Waals surface area contributed by atoms with Crippen LogP contribution in [-0.4, -0.2) is 36.6 Å². The topological polar surface area (TPSA) is 98.7 Å². The second-order valence-electron chi connectivity index (χ2n) is 6.38. The lowest BCUT2D eigenvalue weighted by molar-refractivity contribution is -0.113. The Morgan fingerprint density at radius 3 is 2.83 bits per heavy atom. The van der Waals surface area contributed by atoms with Gasteiger partial charge in [-0.1, -0.05) is 35.5 Å². The Bertz CT molecular complexity index is 1170. The second kappa shape index (κ2) is 8.99. The lowest BCUT2D eigenvalue weighted by atomic mass is 10.1. The number of rotatable bonds is 7. The fraction of sp³-hybridized carbons (Fsp3) is 0.211. The van der Waals surface area contributed by atoms with Crippen molar-refractivity contribution in [1.29, 1.82) is 0 Å². The molecule has 8 nitrogen and oxygen atoms in total. The van der Waals surface area contributed by atoms with Gasteiger partial charge in [-0.15, -0.1) is 21.5 Å². The van der Waals surface area contributed by atoms with Crippen LogP contribution in [0.1, 0.15) is 16.6 Å². The summed E-state index contributed by atoms with van der Waals surface area (Å²) >= 11 is 8.68.